The molecule has 3 rings (SSSR count). The van der Waals surface area contributed by atoms with E-state index in [0.717, 1.165) is 12.1 Å². The maximum Gasteiger partial charge on any atom is 0.257 e. The van der Waals surface area contributed by atoms with Crippen molar-refractivity contribution in [1.29, 1.82) is 0 Å². The largest absolute Gasteiger partial charge is 0.327 e. The average Bonchev–Trinajstić information content (AvgIpc) is 3.12. The first-order chi connectivity index (χ1) is 11.7. The number of amides is 2. The Labute approximate surface area is 145 Å². The number of nitrogens with one attached hydrogen (secondary N) is 1. The number of likely N-dealkylation sites (tertiary alicyclic amines) is 1. The van der Waals surface area contributed by atoms with Gasteiger partial charge in [0.15, 0.2) is 0 Å². The van der Waals surface area contributed by atoms with Crippen LogP contribution >= 0.6 is 11.8 Å². The minimum atomic E-state index is -0.437. The van der Waals surface area contributed by atoms with Crippen LogP contribution in [-0.2, 0) is 4.79 Å². The van der Waals surface area contributed by atoms with Crippen LogP contribution in [0.4, 0.5) is 5.69 Å². The fourth-order valence-electron chi connectivity index (χ4n) is 2.90. The molecule has 5 nitrogen and oxygen atoms in total. The number of carbonyl (C=O) groups is 2. The zero-order valence-corrected chi connectivity index (χ0v) is 14.3. The number of para-hydroxylation sites is 1. The predicted molar refractivity (Wildman–Crippen MR) is 95.1 cm³/mol. The molecule has 0 spiro atoms. The third kappa shape index (κ3) is 3.43. The number of hydrogen-bond donors (Lipinski definition) is 1. The molecule has 124 valence electrons. The van der Waals surface area contributed by atoms with Crippen molar-refractivity contribution < 1.29 is 9.59 Å². The van der Waals surface area contributed by atoms with Gasteiger partial charge in [0, 0.05) is 18.4 Å². The molecule has 1 aromatic carbocycles. The molecule has 0 aliphatic carbocycles. The highest BCUT2D eigenvalue weighted by Crippen LogP contribution is 2.25. The van der Waals surface area contributed by atoms with Crippen LogP contribution in [0.15, 0.2) is 53.7 Å². The monoisotopic (exact) mass is 341 g/mol. The van der Waals surface area contributed by atoms with E-state index in [9.17, 15) is 9.59 Å². The Bertz CT molecular complexity index is 736. The minimum Gasteiger partial charge on any atom is -0.327 e. The fraction of sp³-hybridized carbons (Fsp3) is 0.278. The lowest BCUT2D eigenvalue weighted by molar-refractivity contribution is -0.119. The average molecular weight is 341 g/mol. The summed E-state index contributed by atoms with van der Waals surface area (Å²) in [6.45, 7) is 0.592. The predicted octanol–water partition coefficient (Wildman–Crippen LogP) is 3.05. The lowest BCUT2D eigenvalue weighted by Gasteiger charge is -2.24. The molecule has 1 aliphatic rings. The summed E-state index contributed by atoms with van der Waals surface area (Å²) in [5.41, 5.74) is 1.30. The van der Waals surface area contributed by atoms with Crippen LogP contribution in [0.25, 0.3) is 0 Å². The van der Waals surface area contributed by atoms with Crippen molar-refractivity contribution in [2.45, 2.75) is 23.9 Å². The van der Waals surface area contributed by atoms with Gasteiger partial charge in [0.25, 0.3) is 5.91 Å². The highest BCUT2D eigenvalue weighted by atomic mass is 32.2. The quantitative estimate of drug-likeness (QED) is 0.868. The van der Waals surface area contributed by atoms with Crippen molar-refractivity contribution in [3.05, 3.63) is 54.2 Å². The van der Waals surface area contributed by atoms with Crippen LogP contribution in [0, 0.1) is 0 Å². The zero-order valence-electron chi connectivity index (χ0n) is 13.4. The van der Waals surface area contributed by atoms with Crippen molar-refractivity contribution in [3.63, 3.8) is 0 Å². The Hall–Kier alpha value is -2.34. The van der Waals surface area contributed by atoms with Crippen LogP contribution in [0.1, 0.15) is 23.2 Å². The van der Waals surface area contributed by atoms with Crippen LogP contribution < -0.4 is 5.32 Å². The van der Waals surface area contributed by atoms with E-state index in [4.69, 9.17) is 0 Å². The first-order valence-corrected chi connectivity index (χ1v) is 9.09. The lowest BCUT2D eigenvalue weighted by atomic mass is 10.1. The van der Waals surface area contributed by atoms with E-state index in [1.165, 1.54) is 11.8 Å². The van der Waals surface area contributed by atoms with Crippen LogP contribution in [0.2, 0.25) is 0 Å². The number of rotatable bonds is 4. The standard InChI is InChI=1S/C18H19N3O2S/c1-24-17-14(9-5-11-19-17)18(23)21-12-6-10-15(21)16(22)20-13-7-3-2-4-8-13/h2-5,7-9,11,15H,6,10,12H2,1H3,(H,20,22)/t15-/m0/s1. The van der Waals surface area contributed by atoms with Gasteiger partial charge in [-0.25, -0.2) is 4.98 Å². The van der Waals surface area contributed by atoms with E-state index in [-0.39, 0.29) is 11.8 Å². The number of benzene rings is 1. The topological polar surface area (TPSA) is 62.3 Å². The Morgan fingerprint density at radius 2 is 2.00 bits per heavy atom. The number of anilines is 1. The minimum absolute atomic E-state index is 0.127. The van der Waals surface area contributed by atoms with Gasteiger partial charge >= 0.3 is 0 Å². The molecule has 24 heavy (non-hydrogen) atoms. The molecule has 2 heterocycles. The Kier molecular flexibility index (Phi) is 5.15. The first-order valence-electron chi connectivity index (χ1n) is 7.86. The Balaban J connectivity index is 1.77. The van der Waals surface area contributed by atoms with Crippen LogP contribution in [0.5, 0.6) is 0 Å². The van der Waals surface area contributed by atoms with E-state index in [1.54, 1.807) is 23.2 Å². The molecular weight excluding hydrogens is 322 g/mol. The summed E-state index contributed by atoms with van der Waals surface area (Å²) < 4.78 is 0. The Morgan fingerprint density at radius 3 is 2.75 bits per heavy atom. The van der Waals surface area contributed by atoms with Crippen molar-refractivity contribution in [3.8, 4) is 0 Å². The summed E-state index contributed by atoms with van der Waals surface area (Å²) in [6.07, 6.45) is 5.07. The molecular formula is C18H19N3O2S. The van der Waals surface area contributed by atoms with E-state index in [2.05, 4.69) is 10.3 Å². The molecule has 2 aromatic rings. The zero-order chi connectivity index (χ0) is 16.9. The van der Waals surface area contributed by atoms with Gasteiger partial charge in [-0.2, -0.15) is 0 Å². The normalized spacial score (nSPS) is 16.9. The molecule has 1 aromatic heterocycles. The van der Waals surface area contributed by atoms with Gasteiger partial charge in [0.2, 0.25) is 5.91 Å². The van der Waals surface area contributed by atoms with Gasteiger partial charge in [0.1, 0.15) is 11.1 Å². The summed E-state index contributed by atoms with van der Waals surface area (Å²) in [4.78, 5) is 31.4. The molecule has 0 bridgehead atoms. The molecule has 2 amide bonds. The fourth-order valence-corrected chi connectivity index (χ4v) is 3.44. The Morgan fingerprint density at radius 1 is 1.21 bits per heavy atom. The second kappa shape index (κ2) is 7.49. The third-order valence-electron chi connectivity index (χ3n) is 4.05. The third-order valence-corrected chi connectivity index (χ3v) is 4.76. The maximum atomic E-state index is 12.9. The van der Waals surface area contributed by atoms with Gasteiger partial charge in [0.05, 0.1) is 5.56 Å². The number of aromatic nitrogens is 1. The highest BCUT2D eigenvalue weighted by Gasteiger charge is 2.35. The van der Waals surface area contributed by atoms with Crippen LogP contribution in [0.3, 0.4) is 0 Å². The van der Waals surface area contributed by atoms with E-state index in [0.29, 0.717) is 23.6 Å². The number of pyridine rings is 1. The molecule has 0 saturated carbocycles. The molecule has 6 heteroatoms. The van der Waals surface area contributed by atoms with Crippen molar-refractivity contribution in [2.75, 3.05) is 18.1 Å². The summed E-state index contributed by atoms with van der Waals surface area (Å²) in [5.74, 6) is -0.264. The van der Waals surface area contributed by atoms with Gasteiger partial charge < -0.3 is 10.2 Å². The SMILES string of the molecule is CSc1ncccc1C(=O)N1CCC[C@H]1C(=O)Nc1ccccc1. The van der Waals surface area contributed by atoms with Crippen molar-refractivity contribution in [1.82, 2.24) is 9.88 Å². The summed E-state index contributed by atoms with van der Waals surface area (Å²) in [5, 5.41) is 3.59. The van der Waals surface area contributed by atoms with Crippen LogP contribution in [-0.4, -0.2) is 40.5 Å². The van der Waals surface area contributed by atoms with Gasteiger partial charge in [-0.1, -0.05) is 18.2 Å². The van der Waals surface area contributed by atoms with E-state index in [1.807, 2.05) is 36.6 Å². The van der Waals surface area contributed by atoms with Gasteiger partial charge in [-0.15, -0.1) is 11.8 Å². The smallest absolute Gasteiger partial charge is 0.257 e. The van der Waals surface area contributed by atoms with E-state index < -0.39 is 6.04 Å². The summed E-state index contributed by atoms with van der Waals surface area (Å²) in [6, 6.07) is 12.4. The molecule has 0 unspecified atom stereocenters. The number of nitrogens with zero attached hydrogens (tertiary/aromatic N) is 2. The van der Waals surface area contributed by atoms with E-state index >= 15 is 0 Å². The second-order valence-corrected chi connectivity index (χ2v) is 6.37. The maximum absolute atomic E-state index is 12.9. The molecule has 1 saturated heterocycles. The van der Waals surface area contributed by atoms with Crippen molar-refractivity contribution in [2.24, 2.45) is 0 Å². The summed E-state index contributed by atoms with van der Waals surface area (Å²) in [7, 11) is 0. The number of carbonyl (C=O) groups excluding carboxylic acids is 2. The first kappa shape index (κ1) is 16.5. The molecule has 0 radical (unpaired) electrons. The molecule has 1 aliphatic heterocycles. The highest BCUT2D eigenvalue weighted by molar-refractivity contribution is 7.98. The second-order valence-electron chi connectivity index (χ2n) is 5.57. The summed E-state index contributed by atoms with van der Waals surface area (Å²) >= 11 is 1.44. The van der Waals surface area contributed by atoms with Gasteiger partial charge in [-0.3, -0.25) is 9.59 Å². The molecule has 1 fully saturated rings. The molecule has 1 N–H and O–H groups in total. The van der Waals surface area contributed by atoms with Crippen molar-refractivity contribution >= 4 is 29.3 Å². The van der Waals surface area contributed by atoms with Gasteiger partial charge in [-0.05, 0) is 43.4 Å². The molecule has 1 atom stereocenters. The number of hydrogen-bond acceptors (Lipinski definition) is 4. The lowest BCUT2D eigenvalue weighted by Crippen LogP contribution is -2.43. The number of thioether (sulfide) groups is 1.